The summed E-state index contributed by atoms with van der Waals surface area (Å²) in [6.45, 7) is 7.00. The van der Waals surface area contributed by atoms with Crippen molar-refractivity contribution in [3.05, 3.63) is 34.9 Å². The van der Waals surface area contributed by atoms with Gasteiger partial charge in [-0.25, -0.2) is 14.2 Å². The number of phosphoric acid groups is 1. The topological polar surface area (TPSA) is 210 Å². The fraction of sp³-hybridized carbons (Fsp3) is 0.667. The summed E-state index contributed by atoms with van der Waals surface area (Å²) in [4.78, 5) is 32.5. The molecule has 0 aromatic carbocycles. The quantitative estimate of drug-likeness (QED) is 0.117. The number of phosphoric ester groups is 1. The van der Waals surface area contributed by atoms with Crippen LogP contribution >= 0.6 is 7.82 Å². The molecule has 218 valence electrons. The molecule has 0 aromatic rings. The van der Waals surface area contributed by atoms with Crippen molar-refractivity contribution < 1.29 is 63.1 Å². The zero-order valence-electron chi connectivity index (χ0n) is 21.9. The van der Waals surface area contributed by atoms with Gasteiger partial charge in [-0.05, 0) is 53.4 Å². The molecule has 7 atom stereocenters. The molecule has 0 amide bonds. The molecule has 1 heterocycles. The number of allylic oxidation sites excluding steroid dienone is 5. The number of hydrogen-bond acceptors (Lipinski definition) is 10. The van der Waals surface area contributed by atoms with Crippen molar-refractivity contribution in [2.24, 2.45) is 0 Å². The maximum absolute atomic E-state index is 12.2. The number of ether oxygens (including phenoxy) is 2. The minimum Gasteiger partial charge on any atom is -0.479 e. The molecule has 14 heteroatoms. The van der Waals surface area contributed by atoms with Crippen LogP contribution in [0.3, 0.4) is 0 Å². The molecular weight excluding hydrogens is 527 g/mol. The number of hydrogen-bond donors (Lipinski definition) is 6. The summed E-state index contributed by atoms with van der Waals surface area (Å²) in [7, 11) is -5.12. The van der Waals surface area contributed by atoms with Crippen molar-refractivity contribution in [1.29, 1.82) is 0 Å². The van der Waals surface area contributed by atoms with E-state index in [-0.39, 0.29) is 6.61 Å². The fourth-order valence-corrected chi connectivity index (χ4v) is 4.12. The first-order chi connectivity index (χ1) is 17.6. The number of carboxylic acids is 2. The Bertz CT molecular complexity index is 924. The molecule has 0 bridgehead atoms. The lowest BCUT2D eigenvalue weighted by molar-refractivity contribution is -0.274. The van der Waals surface area contributed by atoms with Crippen LogP contribution < -0.4 is 0 Å². The normalized spacial score (nSPS) is 26.9. The molecule has 38 heavy (non-hydrogen) atoms. The fourth-order valence-electron chi connectivity index (χ4n) is 3.30. The molecule has 0 aromatic heterocycles. The van der Waals surface area contributed by atoms with Crippen molar-refractivity contribution in [2.45, 2.75) is 90.2 Å². The Morgan fingerprint density at radius 3 is 2.05 bits per heavy atom. The highest BCUT2D eigenvalue weighted by Crippen LogP contribution is 2.46. The number of carboxylic acid groups (broad SMARTS) is 2. The first-order valence-corrected chi connectivity index (χ1v) is 13.5. The second-order valence-electron chi connectivity index (χ2n) is 9.22. The molecule has 1 fully saturated rings. The Morgan fingerprint density at radius 1 is 0.921 bits per heavy atom. The van der Waals surface area contributed by atoms with E-state index in [1.165, 1.54) is 11.1 Å². The standard InChI is InChI=1S/C24H39O13P/c1-14(2)7-5-8-15(3)9-6-10-16(4)11-12-34-17(22(28)29)13-35-38(32,33)37-24-20(27)18(25)19(26)21(36-24)23(30)31/h7,9,11,17-21,24-27H,5-6,8,10,12-13H2,1-4H3,(H,28,29)(H,30,31)(H,32,33)/b15-9+,16-11-/t17?,18-,19+,20?,21?,24+/m0/s1. The van der Waals surface area contributed by atoms with E-state index < -0.39 is 63.2 Å². The van der Waals surface area contributed by atoms with Gasteiger partial charge >= 0.3 is 19.8 Å². The highest BCUT2D eigenvalue weighted by Gasteiger charge is 2.49. The zero-order chi connectivity index (χ0) is 29.0. The van der Waals surface area contributed by atoms with Crippen LogP contribution in [-0.4, -0.2) is 92.4 Å². The van der Waals surface area contributed by atoms with Gasteiger partial charge in [0.05, 0.1) is 13.2 Å². The molecule has 0 spiro atoms. The van der Waals surface area contributed by atoms with Gasteiger partial charge in [0.15, 0.2) is 18.5 Å². The maximum Gasteiger partial charge on any atom is 0.474 e. The number of carbonyl (C=O) groups is 2. The van der Waals surface area contributed by atoms with Gasteiger partial charge in [0, 0.05) is 0 Å². The molecule has 1 aliphatic rings. The van der Waals surface area contributed by atoms with E-state index in [1.807, 2.05) is 6.92 Å². The van der Waals surface area contributed by atoms with Crippen LogP contribution in [0.5, 0.6) is 0 Å². The van der Waals surface area contributed by atoms with Crippen LogP contribution in [0.1, 0.15) is 53.4 Å². The van der Waals surface area contributed by atoms with E-state index in [0.29, 0.717) is 0 Å². The van der Waals surface area contributed by atoms with Gasteiger partial charge in [0.2, 0.25) is 0 Å². The Balaban J connectivity index is 2.57. The summed E-state index contributed by atoms with van der Waals surface area (Å²) in [5.41, 5.74) is 3.51. The van der Waals surface area contributed by atoms with Crippen LogP contribution in [0, 0.1) is 0 Å². The van der Waals surface area contributed by atoms with Crippen LogP contribution in [0.4, 0.5) is 0 Å². The molecule has 1 rings (SSSR count). The number of aliphatic hydroxyl groups excluding tert-OH is 3. The molecule has 0 radical (unpaired) electrons. The summed E-state index contributed by atoms with van der Waals surface area (Å²) in [6, 6.07) is 0. The van der Waals surface area contributed by atoms with Gasteiger partial charge in [0.1, 0.15) is 18.3 Å². The lowest BCUT2D eigenvalue weighted by atomic mass is 9.99. The lowest BCUT2D eigenvalue weighted by Crippen LogP contribution is -2.60. The summed E-state index contributed by atoms with van der Waals surface area (Å²) in [5, 5.41) is 47.6. The minimum absolute atomic E-state index is 0.110. The van der Waals surface area contributed by atoms with Gasteiger partial charge in [-0.3, -0.25) is 9.05 Å². The third-order valence-corrected chi connectivity index (χ3v) is 6.52. The molecule has 1 aliphatic heterocycles. The molecule has 4 unspecified atom stereocenters. The summed E-state index contributed by atoms with van der Waals surface area (Å²) < 4.78 is 31.4. The van der Waals surface area contributed by atoms with Crippen LogP contribution in [0.15, 0.2) is 34.9 Å². The molecular formula is C24H39O13P. The van der Waals surface area contributed by atoms with E-state index in [2.05, 4.69) is 42.0 Å². The second kappa shape index (κ2) is 16.2. The molecule has 1 saturated heterocycles. The third-order valence-electron chi connectivity index (χ3n) is 5.57. The van der Waals surface area contributed by atoms with E-state index in [4.69, 9.17) is 14.6 Å². The number of rotatable bonds is 16. The Morgan fingerprint density at radius 2 is 1.50 bits per heavy atom. The van der Waals surface area contributed by atoms with Crippen molar-refractivity contribution in [3.63, 3.8) is 0 Å². The SMILES string of the molecule is CC(C)=CCC/C(C)=C/CC/C(C)=C\COC(COP(=O)(O)O[C@H]1OC(C(=O)O)[C@H](O)[C@H](O)C1O)C(=O)O. The Hall–Kier alpha value is -1.93. The third kappa shape index (κ3) is 12.3. The van der Waals surface area contributed by atoms with Crippen molar-refractivity contribution in [3.8, 4) is 0 Å². The van der Waals surface area contributed by atoms with Gasteiger partial charge in [-0.15, -0.1) is 0 Å². The first-order valence-electron chi connectivity index (χ1n) is 12.0. The monoisotopic (exact) mass is 566 g/mol. The minimum atomic E-state index is -5.12. The number of aliphatic hydroxyl groups is 3. The summed E-state index contributed by atoms with van der Waals surface area (Å²) in [5.74, 6) is -3.21. The van der Waals surface area contributed by atoms with Gasteiger partial charge in [-0.1, -0.05) is 34.9 Å². The number of aliphatic carboxylic acids is 2. The van der Waals surface area contributed by atoms with Gasteiger partial charge < -0.3 is 39.9 Å². The Kier molecular flexibility index (Phi) is 14.6. The van der Waals surface area contributed by atoms with Crippen molar-refractivity contribution in [1.82, 2.24) is 0 Å². The zero-order valence-corrected chi connectivity index (χ0v) is 22.8. The summed E-state index contributed by atoms with van der Waals surface area (Å²) in [6.07, 6.45) is -2.56. The van der Waals surface area contributed by atoms with E-state index in [9.17, 15) is 39.5 Å². The van der Waals surface area contributed by atoms with E-state index in [0.717, 1.165) is 31.3 Å². The van der Waals surface area contributed by atoms with Gasteiger partial charge in [0.25, 0.3) is 0 Å². The molecule has 0 saturated carbocycles. The maximum atomic E-state index is 12.2. The highest BCUT2D eigenvalue weighted by molar-refractivity contribution is 7.47. The largest absolute Gasteiger partial charge is 0.479 e. The second-order valence-corrected chi connectivity index (χ2v) is 10.6. The highest BCUT2D eigenvalue weighted by atomic mass is 31.2. The Labute approximate surface area is 221 Å². The molecule has 13 nitrogen and oxygen atoms in total. The molecule has 0 aliphatic carbocycles. The first kappa shape index (κ1) is 34.1. The lowest BCUT2D eigenvalue weighted by Gasteiger charge is -2.38. The van der Waals surface area contributed by atoms with E-state index in [1.54, 1.807) is 6.08 Å². The summed E-state index contributed by atoms with van der Waals surface area (Å²) >= 11 is 0. The average molecular weight is 567 g/mol. The van der Waals surface area contributed by atoms with Crippen molar-refractivity contribution in [2.75, 3.05) is 13.2 Å². The molecule has 6 N–H and O–H groups in total. The van der Waals surface area contributed by atoms with Crippen LogP contribution in [0.2, 0.25) is 0 Å². The van der Waals surface area contributed by atoms with Gasteiger partial charge in [-0.2, -0.15) is 0 Å². The average Bonchev–Trinajstić information content (AvgIpc) is 2.80. The van der Waals surface area contributed by atoms with Crippen LogP contribution in [0.25, 0.3) is 0 Å². The smallest absolute Gasteiger partial charge is 0.474 e. The predicted molar refractivity (Wildman–Crippen MR) is 134 cm³/mol. The van der Waals surface area contributed by atoms with Crippen molar-refractivity contribution >= 4 is 19.8 Å². The van der Waals surface area contributed by atoms with E-state index >= 15 is 0 Å². The predicted octanol–water partition coefficient (Wildman–Crippen LogP) is 1.90. The van der Waals surface area contributed by atoms with Crippen LogP contribution in [-0.2, 0) is 32.7 Å².